The standard InChI is InChI=1S/C8H14N4O2/c1-4-7(11-3-12(4)2)5(9)6(10)8(13)14/h3,5-6H,9-10H2,1-2H3,(H,13,14)/t5?,6-/m0/s1. The molecule has 0 aliphatic heterocycles. The van der Waals surface area contributed by atoms with Crippen LogP contribution in [0.1, 0.15) is 17.4 Å². The number of hydrogen-bond acceptors (Lipinski definition) is 4. The van der Waals surface area contributed by atoms with Gasteiger partial charge in [0.15, 0.2) is 0 Å². The van der Waals surface area contributed by atoms with Crippen LogP contribution in [0.2, 0.25) is 0 Å². The van der Waals surface area contributed by atoms with Crippen LogP contribution >= 0.6 is 0 Å². The molecule has 0 saturated heterocycles. The molecule has 0 aromatic carbocycles. The van der Waals surface area contributed by atoms with Gasteiger partial charge in [-0.05, 0) is 6.92 Å². The van der Waals surface area contributed by atoms with Crippen LogP contribution in [0.5, 0.6) is 0 Å². The highest BCUT2D eigenvalue weighted by atomic mass is 16.4. The molecule has 0 spiro atoms. The molecule has 1 aromatic rings. The Balaban J connectivity index is 2.94. The monoisotopic (exact) mass is 198 g/mol. The average Bonchev–Trinajstić information content (AvgIpc) is 2.45. The minimum Gasteiger partial charge on any atom is -0.480 e. The van der Waals surface area contributed by atoms with E-state index < -0.39 is 18.1 Å². The lowest BCUT2D eigenvalue weighted by Gasteiger charge is -2.14. The topological polar surface area (TPSA) is 107 Å². The molecule has 2 atom stereocenters. The molecule has 1 unspecified atom stereocenters. The van der Waals surface area contributed by atoms with Crippen molar-refractivity contribution in [3.63, 3.8) is 0 Å². The van der Waals surface area contributed by atoms with Crippen molar-refractivity contribution in [2.45, 2.75) is 19.0 Å². The summed E-state index contributed by atoms with van der Waals surface area (Å²) in [7, 11) is 1.81. The molecular weight excluding hydrogens is 184 g/mol. The highest BCUT2D eigenvalue weighted by Gasteiger charge is 2.25. The molecule has 14 heavy (non-hydrogen) atoms. The van der Waals surface area contributed by atoms with Crippen LogP contribution in [0.15, 0.2) is 6.33 Å². The van der Waals surface area contributed by atoms with Crippen molar-refractivity contribution < 1.29 is 9.90 Å². The first kappa shape index (κ1) is 10.7. The molecule has 0 amide bonds. The molecule has 6 nitrogen and oxygen atoms in total. The summed E-state index contributed by atoms with van der Waals surface area (Å²) < 4.78 is 1.77. The SMILES string of the molecule is Cc1c(C(N)[C@H](N)C(=O)O)ncn1C. The van der Waals surface area contributed by atoms with Crippen LogP contribution in [0.3, 0.4) is 0 Å². The Morgan fingerprint density at radius 3 is 2.57 bits per heavy atom. The van der Waals surface area contributed by atoms with E-state index in [4.69, 9.17) is 16.6 Å². The fraction of sp³-hybridized carbons (Fsp3) is 0.500. The lowest BCUT2D eigenvalue weighted by molar-refractivity contribution is -0.139. The molecule has 0 aliphatic rings. The van der Waals surface area contributed by atoms with Gasteiger partial charge in [0, 0.05) is 12.7 Å². The van der Waals surface area contributed by atoms with Gasteiger partial charge in [0.1, 0.15) is 6.04 Å². The molecule has 6 heteroatoms. The quantitative estimate of drug-likeness (QED) is 0.585. The minimum atomic E-state index is -1.12. The number of rotatable bonds is 3. The Morgan fingerprint density at radius 1 is 1.64 bits per heavy atom. The van der Waals surface area contributed by atoms with Gasteiger partial charge in [0.25, 0.3) is 0 Å². The molecule has 0 saturated carbocycles. The minimum absolute atomic E-state index is 0.530. The highest BCUT2D eigenvalue weighted by molar-refractivity contribution is 5.74. The number of hydrogen-bond donors (Lipinski definition) is 3. The number of aliphatic carboxylic acids is 1. The molecular formula is C8H14N4O2. The third-order valence-electron chi connectivity index (χ3n) is 2.26. The molecule has 5 N–H and O–H groups in total. The van der Waals surface area contributed by atoms with Gasteiger partial charge in [-0.1, -0.05) is 0 Å². The first-order valence-electron chi connectivity index (χ1n) is 4.17. The first-order chi connectivity index (χ1) is 6.45. The zero-order valence-corrected chi connectivity index (χ0v) is 8.14. The molecule has 1 heterocycles. The summed E-state index contributed by atoms with van der Waals surface area (Å²) in [5.74, 6) is -1.12. The second kappa shape index (κ2) is 3.77. The lowest BCUT2D eigenvalue weighted by atomic mass is 10.1. The number of aromatic nitrogens is 2. The summed E-state index contributed by atoms with van der Waals surface area (Å²) in [5, 5.41) is 8.67. The van der Waals surface area contributed by atoms with Crippen molar-refractivity contribution in [2.75, 3.05) is 0 Å². The number of nitrogens with two attached hydrogens (primary N) is 2. The number of imidazole rings is 1. The normalized spacial score (nSPS) is 15.1. The van der Waals surface area contributed by atoms with Crippen molar-refractivity contribution in [3.05, 3.63) is 17.7 Å². The average molecular weight is 198 g/mol. The van der Waals surface area contributed by atoms with E-state index in [1.807, 2.05) is 14.0 Å². The molecule has 0 bridgehead atoms. The Labute approximate surface area is 81.5 Å². The van der Waals surface area contributed by atoms with Crippen LogP contribution < -0.4 is 11.5 Å². The Bertz CT molecular complexity index is 347. The number of carboxylic acids is 1. The van der Waals surface area contributed by atoms with E-state index >= 15 is 0 Å². The van der Waals surface area contributed by atoms with Gasteiger partial charge in [-0.15, -0.1) is 0 Å². The van der Waals surface area contributed by atoms with Crippen molar-refractivity contribution in [2.24, 2.45) is 18.5 Å². The van der Waals surface area contributed by atoms with Crippen LogP contribution in [-0.2, 0) is 11.8 Å². The van der Waals surface area contributed by atoms with Crippen molar-refractivity contribution in [1.29, 1.82) is 0 Å². The second-order valence-electron chi connectivity index (χ2n) is 3.22. The number of carbonyl (C=O) groups is 1. The number of nitrogens with zero attached hydrogens (tertiary/aromatic N) is 2. The summed E-state index contributed by atoms with van der Waals surface area (Å²) >= 11 is 0. The number of carboxylic acid groups (broad SMARTS) is 1. The first-order valence-corrected chi connectivity index (χ1v) is 4.17. The van der Waals surface area contributed by atoms with E-state index in [0.29, 0.717) is 5.69 Å². The van der Waals surface area contributed by atoms with Gasteiger partial charge in [-0.2, -0.15) is 0 Å². The molecule has 1 aromatic heterocycles. The summed E-state index contributed by atoms with van der Waals surface area (Å²) in [4.78, 5) is 14.6. The fourth-order valence-electron chi connectivity index (χ4n) is 1.16. The van der Waals surface area contributed by atoms with Crippen LogP contribution in [0, 0.1) is 6.92 Å². The van der Waals surface area contributed by atoms with Gasteiger partial charge in [0.05, 0.1) is 18.1 Å². The maximum atomic E-state index is 10.6. The largest absolute Gasteiger partial charge is 0.480 e. The van der Waals surface area contributed by atoms with E-state index in [0.717, 1.165) is 5.69 Å². The Kier molecular flexibility index (Phi) is 2.87. The summed E-state index contributed by atoms with van der Waals surface area (Å²) in [6.45, 7) is 1.82. The second-order valence-corrected chi connectivity index (χ2v) is 3.22. The maximum Gasteiger partial charge on any atom is 0.322 e. The predicted molar refractivity (Wildman–Crippen MR) is 50.5 cm³/mol. The molecule has 1 rings (SSSR count). The van der Waals surface area contributed by atoms with Crippen LogP contribution in [0.25, 0.3) is 0 Å². The molecule has 0 aliphatic carbocycles. The van der Waals surface area contributed by atoms with Gasteiger partial charge < -0.3 is 21.1 Å². The van der Waals surface area contributed by atoms with Crippen molar-refractivity contribution in [3.8, 4) is 0 Å². The fourth-order valence-corrected chi connectivity index (χ4v) is 1.16. The zero-order valence-electron chi connectivity index (χ0n) is 8.14. The number of aryl methyl sites for hydroxylation is 1. The highest BCUT2D eigenvalue weighted by Crippen LogP contribution is 2.15. The maximum absolute atomic E-state index is 10.6. The van der Waals surface area contributed by atoms with E-state index in [-0.39, 0.29) is 0 Å². The molecule has 0 radical (unpaired) electrons. The zero-order chi connectivity index (χ0) is 10.9. The summed E-state index contributed by atoms with van der Waals surface area (Å²) in [5.41, 5.74) is 12.4. The third kappa shape index (κ3) is 1.75. The Hall–Kier alpha value is -1.40. The van der Waals surface area contributed by atoms with Crippen LogP contribution in [0.4, 0.5) is 0 Å². The Morgan fingerprint density at radius 2 is 2.21 bits per heavy atom. The molecule has 78 valence electrons. The smallest absolute Gasteiger partial charge is 0.322 e. The third-order valence-corrected chi connectivity index (χ3v) is 2.26. The van der Waals surface area contributed by atoms with E-state index in [1.165, 1.54) is 0 Å². The van der Waals surface area contributed by atoms with E-state index in [9.17, 15) is 4.79 Å². The summed E-state index contributed by atoms with van der Waals surface area (Å²) in [6, 6.07) is -1.89. The van der Waals surface area contributed by atoms with Crippen molar-refractivity contribution >= 4 is 5.97 Å². The van der Waals surface area contributed by atoms with Crippen molar-refractivity contribution in [1.82, 2.24) is 9.55 Å². The molecule has 0 fully saturated rings. The summed E-state index contributed by atoms with van der Waals surface area (Å²) in [6.07, 6.45) is 1.58. The lowest BCUT2D eigenvalue weighted by Crippen LogP contribution is -2.41. The van der Waals surface area contributed by atoms with Gasteiger partial charge >= 0.3 is 5.97 Å². The predicted octanol–water partition coefficient (Wildman–Crippen LogP) is -0.860. The van der Waals surface area contributed by atoms with Gasteiger partial charge in [0.2, 0.25) is 0 Å². The van der Waals surface area contributed by atoms with Crippen LogP contribution in [-0.4, -0.2) is 26.7 Å². The van der Waals surface area contributed by atoms with E-state index in [1.54, 1.807) is 10.9 Å². The van der Waals surface area contributed by atoms with Gasteiger partial charge in [-0.25, -0.2) is 4.98 Å². The van der Waals surface area contributed by atoms with E-state index in [2.05, 4.69) is 4.98 Å². The van der Waals surface area contributed by atoms with Gasteiger partial charge in [-0.3, -0.25) is 4.79 Å².